The number of nitrogens with zero attached hydrogens (tertiary/aromatic N) is 2. The second-order valence-electron chi connectivity index (χ2n) is 8.27. The zero-order chi connectivity index (χ0) is 16.9. The van der Waals surface area contributed by atoms with Gasteiger partial charge in [0.05, 0.1) is 11.7 Å². The second kappa shape index (κ2) is 5.69. The van der Waals surface area contributed by atoms with E-state index in [4.69, 9.17) is 5.73 Å². The molecule has 5 rings (SSSR count). The van der Waals surface area contributed by atoms with Crippen molar-refractivity contribution in [1.29, 1.82) is 0 Å². The van der Waals surface area contributed by atoms with E-state index < -0.39 is 5.91 Å². The van der Waals surface area contributed by atoms with Crippen molar-refractivity contribution < 1.29 is 9.90 Å². The van der Waals surface area contributed by atoms with Crippen LogP contribution in [0.5, 0.6) is 0 Å². The maximum absolute atomic E-state index is 11.7. The Kier molecular flexibility index (Phi) is 3.75. The Labute approximate surface area is 142 Å². The van der Waals surface area contributed by atoms with Crippen molar-refractivity contribution in [2.75, 3.05) is 5.32 Å². The quantitative estimate of drug-likeness (QED) is 0.765. The summed E-state index contributed by atoms with van der Waals surface area (Å²) in [5.41, 5.74) is 6.24. The molecule has 4 fully saturated rings. The first kappa shape index (κ1) is 15.8. The minimum atomic E-state index is -0.515. The normalized spacial score (nSPS) is 37.2. The van der Waals surface area contributed by atoms with E-state index in [2.05, 4.69) is 22.2 Å². The lowest BCUT2D eigenvalue weighted by Gasteiger charge is -2.62. The minimum absolute atomic E-state index is 0.118. The molecule has 1 amide bonds. The number of anilines is 1. The maximum atomic E-state index is 11.7. The van der Waals surface area contributed by atoms with E-state index in [9.17, 15) is 9.90 Å². The first-order valence-electron chi connectivity index (χ1n) is 9.04. The Bertz CT molecular complexity index is 645. The fraction of sp³-hybridized carbons (Fsp3) is 0.722. The summed E-state index contributed by atoms with van der Waals surface area (Å²) in [6.07, 6.45) is 8.62. The average molecular weight is 330 g/mol. The van der Waals surface area contributed by atoms with Crippen molar-refractivity contribution in [3.05, 3.63) is 17.6 Å². The van der Waals surface area contributed by atoms with Crippen molar-refractivity contribution in [2.45, 2.75) is 64.0 Å². The van der Waals surface area contributed by atoms with Gasteiger partial charge in [-0.1, -0.05) is 6.92 Å². The molecule has 4 aliphatic carbocycles. The molecule has 1 aromatic rings. The van der Waals surface area contributed by atoms with E-state index in [-0.39, 0.29) is 12.1 Å². The van der Waals surface area contributed by atoms with E-state index in [0.717, 1.165) is 31.0 Å². The molecule has 0 radical (unpaired) electrons. The van der Waals surface area contributed by atoms with Gasteiger partial charge in [0.2, 0.25) is 0 Å². The summed E-state index contributed by atoms with van der Waals surface area (Å²) < 4.78 is 0. The van der Waals surface area contributed by atoms with Gasteiger partial charge in [-0.2, -0.15) is 0 Å². The molecule has 0 aromatic carbocycles. The molecule has 3 atom stereocenters. The van der Waals surface area contributed by atoms with Gasteiger partial charge >= 0.3 is 0 Å². The molecule has 1 heterocycles. The summed E-state index contributed by atoms with van der Waals surface area (Å²) >= 11 is 0. The van der Waals surface area contributed by atoms with Crippen LogP contribution in [0.25, 0.3) is 0 Å². The highest BCUT2D eigenvalue weighted by Gasteiger charge is 2.56. The number of hydrogen-bond donors (Lipinski definition) is 3. The summed E-state index contributed by atoms with van der Waals surface area (Å²) in [6.45, 7) is 2.07. The minimum Gasteiger partial charge on any atom is -0.393 e. The zero-order valence-corrected chi connectivity index (χ0v) is 14.2. The predicted octanol–water partition coefficient (Wildman–Crippen LogP) is 1.88. The van der Waals surface area contributed by atoms with Crippen LogP contribution in [0, 0.1) is 17.3 Å². The highest BCUT2D eigenvalue weighted by Crippen LogP contribution is 2.65. The Balaban J connectivity index is 1.51. The van der Waals surface area contributed by atoms with Crippen molar-refractivity contribution in [2.24, 2.45) is 23.0 Å². The molecule has 0 aliphatic heterocycles. The first-order valence-corrected chi connectivity index (χ1v) is 9.04. The van der Waals surface area contributed by atoms with Crippen LogP contribution in [0.1, 0.15) is 61.6 Å². The smallest absolute Gasteiger partial charge is 0.254 e. The molecule has 6 heteroatoms. The van der Waals surface area contributed by atoms with E-state index in [0.29, 0.717) is 29.1 Å². The highest BCUT2D eigenvalue weighted by atomic mass is 16.3. The number of amides is 1. The van der Waals surface area contributed by atoms with Gasteiger partial charge in [0.1, 0.15) is 11.6 Å². The molecule has 24 heavy (non-hydrogen) atoms. The van der Waals surface area contributed by atoms with E-state index in [1.807, 2.05) is 0 Å². The maximum Gasteiger partial charge on any atom is 0.254 e. The van der Waals surface area contributed by atoms with Gasteiger partial charge in [0, 0.05) is 18.7 Å². The lowest BCUT2D eigenvalue weighted by molar-refractivity contribution is -0.106. The molecular weight excluding hydrogens is 304 g/mol. The van der Waals surface area contributed by atoms with Gasteiger partial charge in [-0.05, 0) is 55.8 Å². The Morgan fingerprint density at radius 2 is 2.17 bits per heavy atom. The molecule has 0 unspecified atom stereocenters. The fourth-order valence-corrected chi connectivity index (χ4v) is 4.63. The number of nitrogens with one attached hydrogen (secondary N) is 1. The largest absolute Gasteiger partial charge is 0.393 e. The van der Waals surface area contributed by atoms with Gasteiger partial charge in [0.15, 0.2) is 0 Å². The molecule has 6 nitrogen and oxygen atoms in total. The molecule has 4 saturated carbocycles. The van der Waals surface area contributed by atoms with E-state index in [1.165, 1.54) is 19.3 Å². The van der Waals surface area contributed by atoms with Crippen LogP contribution in [0.2, 0.25) is 0 Å². The summed E-state index contributed by atoms with van der Waals surface area (Å²) in [4.78, 5) is 20.7. The molecule has 4 N–H and O–H groups in total. The standard InChI is InChI=1S/C18H26N4O2/c1-10-2-3-12(4-14(10)23)21-17-13(16(19)24)9-20-15(22-17)8-18-5-11(6-18)7-18/h9-12,14,23H,2-8H2,1H3,(H2,19,24)(H,20,21,22)/t10-,11?,12-,14-,18?/m1/s1. The summed E-state index contributed by atoms with van der Waals surface area (Å²) in [5.74, 6) is 2.07. The number of aliphatic hydroxyl groups is 1. The number of rotatable bonds is 5. The molecule has 4 aliphatic rings. The Morgan fingerprint density at radius 3 is 2.75 bits per heavy atom. The van der Waals surface area contributed by atoms with Crippen LogP contribution in [0.4, 0.5) is 5.82 Å². The topological polar surface area (TPSA) is 101 Å². The molecule has 1 aromatic heterocycles. The summed E-state index contributed by atoms with van der Waals surface area (Å²) in [6, 6.07) is 0.118. The van der Waals surface area contributed by atoms with Gasteiger partial charge in [-0.15, -0.1) is 0 Å². The molecule has 0 saturated heterocycles. The Morgan fingerprint density at radius 1 is 1.42 bits per heavy atom. The van der Waals surface area contributed by atoms with Crippen LogP contribution in [-0.4, -0.2) is 33.1 Å². The Hall–Kier alpha value is -1.69. The third-order valence-electron chi connectivity index (χ3n) is 6.30. The fourth-order valence-electron chi connectivity index (χ4n) is 4.63. The zero-order valence-electron chi connectivity index (χ0n) is 14.2. The predicted molar refractivity (Wildman–Crippen MR) is 90.5 cm³/mol. The number of primary amides is 1. The first-order chi connectivity index (χ1) is 11.4. The number of aromatic nitrogens is 2. The van der Waals surface area contributed by atoms with Gasteiger partial charge in [-0.3, -0.25) is 4.79 Å². The monoisotopic (exact) mass is 330 g/mol. The second-order valence-corrected chi connectivity index (χ2v) is 8.27. The summed E-state index contributed by atoms with van der Waals surface area (Å²) in [5, 5.41) is 13.4. The van der Waals surface area contributed by atoms with Crippen LogP contribution in [0.3, 0.4) is 0 Å². The highest BCUT2D eigenvalue weighted by molar-refractivity contribution is 5.97. The molecule has 0 spiro atoms. The van der Waals surface area contributed by atoms with Crippen LogP contribution >= 0.6 is 0 Å². The van der Waals surface area contributed by atoms with E-state index >= 15 is 0 Å². The van der Waals surface area contributed by atoms with Crippen molar-refractivity contribution in [1.82, 2.24) is 9.97 Å². The molecular formula is C18H26N4O2. The molecule has 130 valence electrons. The number of carbonyl (C=O) groups is 1. The van der Waals surface area contributed by atoms with Gasteiger partial charge in [0.25, 0.3) is 5.91 Å². The lowest BCUT2D eigenvalue weighted by atomic mass is 9.43. The van der Waals surface area contributed by atoms with E-state index in [1.54, 1.807) is 6.20 Å². The van der Waals surface area contributed by atoms with Gasteiger partial charge in [-0.25, -0.2) is 9.97 Å². The third kappa shape index (κ3) is 2.77. The van der Waals surface area contributed by atoms with Crippen molar-refractivity contribution in [3.63, 3.8) is 0 Å². The molecule has 2 bridgehead atoms. The van der Waals surface area contributed by atoms with Crippen molar-refractivity contribution in [3.8, 4) is 0 Å². The number of hydrogen-bond acceptors (Lipinski definition) is 5. The number of carbonyl (C=O) groups excluding carboxylic acids is 1. The number of aliphatic hydroxyl groups excluding tert-OH is 1. The lowest BCUT2D eigenvalue weighted by Crippen LogP contribution is -2.53. The SMILES string of the molecule is C[C@@H]1CC[C@@H](Nc2nc(CC34CC(C3)C4)ncc2C(N)=O)C[C@H]1O. The van der Waals surface area contributed by atoms with Crippen LogP contribution < -0.4 is 11.1 Å². The van der Waals surface area contributed by atoms with Crippen LogP contribution in [-0.2, 0) is 6.42 Å². The van der Waals surface area contributed by atoms with Crippen molar-refractivity contribution >= 4 is 11.7 Å². The average Bonchev–Trinajstić information content (AvgIpc) is 2.45. The number of nitrogens with two attached hydrogens (primary N) is 1. The van der Waals surface area contributed by atoms with Crippen LogP contribution in [0.15, 0.2) is 6.20 Å². The van der Waals surface area contributed by atoms with Gasteiger partial charge < -0.3 is 16.2 Å². The summed E-state index contributed by atoms with van der Waals surface area (Å²) in [7, 11) is 0. The third-order valence-corrected chi connectivity index (χ3v) is 6.30.